The van der Waals surface area contributed by atoms with Crippen LogP contribution in [-0.4, -0.2) is 46.1 Å². The van der Waals surface area contributed by atoms with Crippen LogP contribution in [0, 0.1) is 0 Å². The van der Waals surface area contributed by atoms with Gasteiger partial charge in [0, 0.05) is 28.1 Å². The largest absolute Gasteiger partial charge is 0.382 e. The summed E-state index contributed by atoms with van der Waals surface area (Å²) in [5, 5.41) is 4.02. The lowest BCUT2D eigenvalue weighted by Gasteiger charge is -2.11. The molecule has 10 nitrogen and oxygen atoms in total. The molecule has 0 unspecified atom stereocenters. The minimum atomic E-state index is -4.03. The molecule has 1 aliphatic rings. The number of carbonyl (C=O) groups is 2. The average Bonchev–Trinajstić information content (AvgIpc) is 3.49. The van der Waals surface area contributed by atoms with E-state index >= 15 is 0 Å². The van der Waals surface area contributed by atoms with Crippen LogP contribution in [0.1, 0.15) is 56.5 Å². The number of nitrogens with zero attached hydrogens (tertiary/aromatic N) is 1. The predicted molar refractivity (Wildman–Crippen MR) is 129 cm³/mol. The first-order valence-electron chi connectivity index (χ1n) is 10.2. The van der Waals surface area contributed by atoms with Gasteiger partial charge in [-0.15, -0.1) is 0 Å². The Balaban J connectivity index is 1.86. The van der Waals surface area contributed by atoms with Crippen molar-refractivity contribution in [2.45, 2.75) is 18.8 Å². The van der Waals surface area contributed by atoms with Gasteiger partial charge in [0.25, 0.3) is 0 Å². The average molecular weight is 574 g/mol. The van der Waals surface area contributed by atoms with Gasteiger partial charge >= 0.3 is 20.2 Å². The van der Waals surface area contributed by atoms with Gasteiger partial charge in [-0.25, -0.2) is 0 Å². The smallest absolute Gasteiger partial charge is 0.306 e. The summed E-state index contributed by atoms with van der Waals surface area (Å²) in [5.41, 5.74) is -1.06. The van der Waals surface area contributed by atoms with Crippen LogP contribution in [0.2, 0.25) is 10.0 Å². The number of halogens is 2. The van der Waals surface area contributed by atoms with Crippen molar-refractivity contribution in [2.24, 2.45) is 0 Å². The van der Waals surface area contributed by atoms with Crippen LogP contribution in [0.5, 0.6) is 11.5 Å². The number of benzene rings is 2. The predicted octanol–water partition coefficient (Wildman–Crippen LogP) is 4.00. The summed E-state index contributed by atoms with van der Waals surface area (Å²) in [6.07, 6.45) is 2.96. The van der Waals surface area contributed by atoms with Crippen LogP contribution >= 0.6 is 23.2 Å². The number of hydrogen-bond donors (Lipinski definition) is 0. The Morgan fingerprint density at radius 3 is 1.78 bits per heavy atom. The molecule has 0 amide bonds. The second-order valence-electron chi connectivity index (χ2n) is 8.06. The van der Waals surface area contributed by atoms with Crippen LogP contribution in [-0.2, 0) is 20.2 Å². The van der Waals surface area contributed by atoms with E-state index in [1.807, 2.05) is 0 Å². The van der Waals surface area contributed by atoms with Gasteiger partial charge in [0.05, 0.1) is 29.2 Å². The Labute approximate surface area is 216 Å². The van der Waals surface area contributed by atoms with Gasteiger partial charge in [-0.1, -0.05) is 28.4 Å². The first-order valence-corrected chi connectivity index (χ1v) is 14.6. The fourth-order valence-electron chi connectivity index (χ4n) is 3.40. The summed E-state index contributed by atoms with van der Waals surface area (Å²) in [4.78, 5) is 27.2. The second kappa shape index (κ2) is 9.51. The Bertz CT molecular complexity index is 1610. The zero-order valence-corrected chi connectivity index (χ0v) is 21.8. The van der Waals surface area contributed by atoms with E-state index < -0.39 is 37.5 Å². The normalized spacial score (nSPS) is 13.9. The summed E-state index contributed by atoms with van der Waals surface area (Å²) in [6.45, 7) is 0. The highest BCUT2D eigenvalue weighted by atomic mass is 35.5. The van der Waals surface area contributed by atoms with Gasteiger partial charge in [-0.2, -0.15) is 16.8 Å². The third kappa shape index (κ3) is 5.89. The minimum Gasteiger partial charge on any atom is -0.382 e. The molecule has 0 aliphatic heterocycles. The standard InChI is InChI=1S/C22H17Cl2NO9S2/c1-35(28,29)33-16-9-12(23)5-7-14(16)20(26)18-19(25-32-22(18)11-3-4-11)21(27)15-8-6-13(24)10-17(15)34-36(2,30)31/h5-11H,3-4H2,1-2H3. The van der Waals surface area contributed by atoms with Crippen molar-refractivity contribution < 1.29 is 39.3 Å². The van der Waals surface area contributed by atoms with E-state index in [0.717, 1.165) is 24.6 Å². The monoisotopic (exact) mass is 573 g/mol. The molecule has 36 heavy (non-hydrogen) atoms. The van der Waals surface area contributed by atoms with Gasteiger partial charge in [0.1, 0.15) is 0 Å². The third-order valence-electron chi connectivity index (χ3n) is 4.97. The van der Waals surface area contributed by atoms with Crippen molar-refractivity contribution in [1.29, 1.82) is 0 Å². The van der Waals surface area contributed by atoms with E-state index in [1.165, 1.54) is 24.3 Å². The molecule has 1 aliphatic carbocycles. The Morgan fingerprint density at radius 1 is 0.861 bits per heavy atom. The van der Waals surface area contributed by atoms with Crippen LogP contribution in [0.15, 0.2) is 40.9 Å². The molecule has 1 aromatic heterocycles. The number of hydrogen-bond acceptors (Lipinski definition) is 10. The summed E-state index contributed by atoms with van der Waals surface area (Å²) in [6, 6.07) is 7.46. The summed E-state index contributed by atoms with van der Waals surface area (Å²) in [7, 11) is -8.07. The number of rotatable bonds is 9. The zero-order valence-electron chi connectivity index (χ0n) is 18.6. The maximum absolute atomic E-state index is 13.7. The lowest BCUT2D eigenvalue weighted by atomic mass is 9.95. The van der Waals surface area contributed by atoms with Gasteiger partial charge in [-0.05, 0) is 37.1 Å². The summed E-state index contributed by atoms with van der Waals surface area (Å²) in [5.74, 6) is -2.41. The Hall–Kier alpha value is -2.93. The van der Waals surface area contributed by atoms with E-state index in [4.69, 9.17) is 36.1 Å². The van der Waals surface area contributed by atoms with Gasteiger partial charge < -0.3 is 12.9 Å². The minimum absolute atomic E-state index is 0.101. The number of ketones is 2. The summed E-state index contributed by atoms with van der Waals surface area (Å²) >= 11 is 11.9. The van der Waals surface area contributed by atoms with Crippen molar-refractivity contribution in [3.8, 4) is 11.5 Å². The Kier molecular flexibility index (Phi) is 6.90. The molecule has 0 atom stereocenters. The molecule has 14 heteroatoms. The topological polar surface area (TPSA) is 147 Å². The van der Waals surface area contributed by atoms with Crippen LogP contribution < -0.4 is 8.37 Å². The molecule has 1 saturated carbocycles. The van der Waals surface area contributed by atoms with E-state index in [1.54, 1.807) is 0 Å². The van der Waals surface area contributed by atoms with Gasteiger partial charge in [0.15, 0.2) is 23.0 Å². The first kappa shape index (κ1) is 26.1. The Morgan fingerprint density at radius 2 is 1.33 bits per heavy atom. The summed E-state index contributed by atoms with van der Waals surface area (Å²) < 4.78 is 62.2. The molecular formula is C22H17Cl2NO9S2. The van der Waals surface area contributed by atoms with Crippen molar-refractivity contribution in [3.05, 3.63) is 74.6 Å². The van der Waals surface area contributed by atoms with Crippen molar-refractivity contribution in [1.82, 2.24) is 5.16 Å². The first-order chi connectivity index (χ1) is 16.7. The van der Waals surface area contributed by atoms with E-state index in [2.05, 4.69) is 5.16 Å². The number of carbonyl (C=O) groups excluding carboxylic acids is 2. The molecule has 2 aromatic carbocycles. The van der Waals surface area contributed by atoms with Gasteiger partial charge in [-0.3, -0.25) is 9.59 Å². The molecule has 1 fully saturated rings. The number of aromatic nitrogens is 1. The maximum atomic E-state index is 13.7. The zero-order chi connectivity index (χ0) is 26.4. The molecule has 3 aromatic rings. The quantitative estimate of drug-likeness (QED) is 0.271. The van der Waals surface area contributed by atoms with Crippen LogP contribution in [0.25, 0.3) is 0 Å². The van der Waals surface area contributed by atoms with Crippen molar-refractivity contribution in [2.75, 3.05) is 12.5 Å². The van der Waals surface area contributed by atoms with E-state index in [9.17, 15) is 26.4 Å². The molecule has 0 spiro atoms. The van der Waals surface area contributed by atoms with E-state index in [0.29, 0.717) is 12.8 Å². The van der Waals surface area contributed by atoms with Gasteiger partial charge in [0.2, 0.25) is 11.6 Å². The highest BCUT2D eigenvalue weighted by molar-refractivity contribution is 7.86. The molecular weight excluding hydrogens is 557 g/mol. The highest BCUT2D eigenvalue weighted by Crippen LogP contribution is 2.44. The molecule has 0 N–H and O–H groups in total. The third-order valence-corrected chi connectivity index (χ3v) is 6.40. The van der Waals surface area contributed by atoms with Crippen LogP contribution in [0.3, 0.4) is 0 Å². The SMILES string of the molecule is CS(=O)(=O)Oc1cc(Cl)ccc1C(=O)c1noc(C2CC2)c1C(=O)c1ccc(Cl)cc1OS(C)(=O)=O. The maximum Gasteiger partial charge on any atom is 0.306 e. The van der Waals surface area contributed by atoms with E-state index in [-0.39, 0.29) is 49.9 Å². The fourth-order valence-corrected chi connectivity index (χ4v) is 4.65. The fraction of sp³-hybridized carbons (Fsp3) is 0.227. The van der Waals surface area contributed by atoms with Crippen molar-refractivity contribution >= 4 is 55.0 Å². The molecule has 4 rings (SSSR count). The molecule has 0 radical (unpaired) electrons. The molecule has 190 valence electrons. The second-order valence-corrected chi connectivity index (χ2v) is 12.1. The molecule has 1 heterocycles. The molecule has 0 saturated heterocycles. The lowest BCUT2D eigenvalue weighted by molar-refractivity contribution is 0.0998. The van der Waals surface area contributed by atoms with Crippen molar-refractivity contribution in [3.63, 3.8) is 0 Å². The lowest BCUT2D eigenvalue weighted by Crippen LogP contribution is -2.16. The highest BCUT2D eigenvalue weighted by Gasteiger charge is 2.38. The van der Waals surface area contributed by atoms with Crippen LogP contribution in [0.4, 0.5) is 0 Å². The molecule has 0 bridgehead atoms.